The molecule has 0 saturated heterocycles. The number of thioether (sulfide) groups is 1. The van der Waals surface area contributed by atoms with E-state index in [1.165, 1.54) is 30.0 Å². The Bertz CT molecular complexity index is 880. The van der Waals surface area contributed by atoms with Crippen molar-refractivity contribution in [1.82, 2.24) is 25.6 Å². The van der Waals surface area contributed by atoms with Crippen molar-refractivity contribution >= 4 is 29.3 Å². The molecule has 1 fully saturated rings. The minimum atomic E-state index is -0.634. The number of nitrogens with zero attached hydrogens (tertiary/aromatic N) is 4. The topological polar surface area (TPSA) is 132 Å². The first-order chi connectivity index (χ1) is 13.0. The van der Waals surface area contributed by atoms with Crippen LogP contribution in [0.25, 0.3) is 0 Å². The fraction of sp³-hybridized carbons (Fsp3) is 0.375. The maximum absolute atomic E-state index is 12.0. The van der Waals surface area contributed by atoms with Gasteiger partial charge in [-0.1, -0.05) is 17.8 Å². The molecular formula is C16H18N6O4S. The molecule has 11 heteroatoms. The summed E-state index contributed by atoms with van der Waals surface area (Å²) in [5, 5.41) is 19.7. The number of hydrogen-bond donors (Lipinski definition) is 2. The summed E-state index contributed by atoms with van der Waals surface area (Å²) < 4.78 is 2.00. The van der Waals surface area contributed by atoms with Crippen molar-refractivity contribution < 1.29 is 14.5 Å². The summed E-state index contributed by atoms with van der Waals surface area (Å²) in [6.45, 7) is 2.73. The lowest BCUT2D eigenvalue weighted by atomic mass is 10.2. The Balaban J connectivity index is 1.50. The molecule has 0 unspecified atom stereocenters. The summed E-state index contributed by atoms with van der Waals surface area (Å²) in [5.74, 6) is 0.425. The number of nitrogens with one attached hydrogen (secondary N) is 2. The Morgan fingerprint density at radius 1 is 1.33 bits per heavy atom. The van der Waals surface area contributed by atoms with Gasteiger partial charge in [0.25, 0.3) is 11.6 Å². The summed E-state index contributed by atoms with van der Waals surface area (Å²) in [4.78, 5) is 34.1. The predicted octanol–water partition coefficient (Wildman–Crippen LogP) is 1.64. The predicted molar refractivity (Wildman–Crippen MR) is 97.1 cm³/mol. The Kier molecular flexibility index (Phi) is 5.69. The molecule has 0 aliphatic heterocycles. The number of hydrogen-bond acceptors (Lipinski definition) is 7. The van der Waals surface area contributed by atoms with Gasteiger partial charge in [0, 0.05) is 30.2 Å². The van der Waals surface area contributed by atoms with E-state index in [4.69, 9.17) is 0 Å². The number of aromatic nitrogens is 3. The van der Waals surface area contributed by atoms with Gasteiger partial charge >= 0.3 is 0 Å². The third kappa shape index (κ3) is 4.61. The van der Waals surface area contributed by atoms with Gasteiger partial charge in [0.15, 0.2) is 5.16 Å². The van der Waals surface area contributed by atoms with Gasteiger partial charge in [0.2, 0.25) is 5.91 Å². The van der Waals surface area contributed by atoms with E-state index in [2.05, 4.69) is 21.0 Å². The molecule has 0 spiro atoms. The Hall–Kier alpha value is -2.95. The molecule has 1 aromatic heterocycles. The van der Waals surface area contributed by atoms with Crippen LogP contribution in [0.1, 0.15) is 41.9 Å². The van der Waals surface area contributed by atoms with Crippen molar-refractivity contribution in [2.75, 3.05) is 5.75 Å². The summed E-state index contributed by atoms with van der Waals surface area (Å²) in [6, 6.07) is 5.25. The molecule has 3 rings (SSSR count). The van der Waals surface area contributed by atoms with Gasteiger partial charge in [-0.2, -0.15) is 0 Å². The van der Waals surface area contributed by atoms with Crippen LogP contribution in [0.2, 0.25) is 0 Å². The third-order valence-corrected chi connectivity index (χ3v) is 4.94. The van der Waals surface area contributed by atoms with Crippen LogP contribution in [-0.2, 0) is 11.3 Å². The molecule has 2 aromatic rings. The smallest absolute Gasteiger partial charge is 0.270 e. The molecule has 1 aliphatic rings. The molecule has 1 aliphatic carbocycles. The highest BCUT2D eigenvalue weighted by molar-refractivity contribution is 7.99. The lowest BCUT2D eigenvalue weighted by Crippen LogP contribution is -2.42. The minimum absolute atomic E-state index is 0.0536. The lowest BCUT2D eigenvalue weighted by molar-refractivity contribution is -0.384. The highest BCUT2D eigenvalue weighted by atomic mass is 32.2. The first-order valence-electron chi connectivity index (χ1n) is 8.39. The van der Waals surface area contributed by atoms with Crippen LogP contribution in [0.4, 0.5) is 5.69 Å². The van der Waals surface area contributed by atoms with E-state index in [0.717, 1.165) is 31.3 Å². The lowest BCUT2D eigenvalue weighted by Gasteiger charge is -2.08. The van der Waals surface area contributed by atoms with E-state index in [1.807, 2.05) is 11.5 Å². The van der Waals surface area contributed by atoms with Crippen LogP contribution < -0.4 is 10.9 Å². The number of non-ortho nitro benzene ring substituents is 1. The SMILES string of the molecule is CCn1c(SCC(=O)NNC(=O)c2cccc([N+](=O)[O-])c2)nnc1C1CC1. The average molecular weight is 390 g/mol. The van der Waals surface area contributed by atoms with Gasteiger partial charge in [-0.15, -0.1) is 10.2 Å². The maximum atomic E-state index is 12.0. The monoisotopic (exact) mass is 390 g/mol. The van der Waals surface area contributed by atoms with Crippen LogP contribution in [0.15, 0.2) is 29.4 Å². The average Bonchev–Trinajstić information content (AvgIpc) is 3.44. The number of nitro groups is 1. The van der Waals surface area contributed by atoms with E-state index >= 15 is 0 Å². The standard InChI is InChI=1S/C16H18N6O4S/c1-2-21-14(10-6-7-10)18-20-16(21)27-9-13(23)17-19-15(24)11-4-3-5-12(8-11)22(25)26/h3-5,8,10H,2,6-7,9H2,1H3,(H,17,23)(H,19,24). The van der Waals surface area contributed by atoms with E-state index < -0.39 is 16.7 Å². The molecule has 2 amide bonds. The molecule has 0 radical (unpaired) electrons. The van der Waals surface area contributed by atoms with Crippen molar-refractivity contribution in [1.29, 1.82) is 0 Å². The van der Waals surface area contributed by atoms with E-state index in [-0.39, 0.29) is 17.0 Å². The number of carbonyl (C=O) groups excluding carboxylic acids is 2. The van der Waals surface area contributed by atoms with Gasteiger partial charge < -0.3 is 4.57 Å². The van der Waals surface area contributed by atoms with Gasteiger partial charge in [-0.05, 0) is 25.8 Å². The Morgan fingerprint density at radius 2 is 2.11 bits per heavy atom. The van der Waals surface area contributed by atoms with Crippen LogP contribution in [0.3, 0.4) is 0 Å². The van der Waals surface area contributed by atoms with Crippen molar-refractivity contribution in [3.63, 3.8) is 0 Å². The van der Waals surface area contributed by atoms with Crippen LogP contribution in [-0.4, -0.2) is 37.3 Å². The number of nitro benzene ring substituents is 1. The molecule has 1 aromatic carbocycles. The zero-order valence-corrected chi connectivity index (χ0v) is 15.4. The van der Waals surface area contributed by atoms with E-state index in [0.29, 0.717) is 11.1 Å². The fourth-order valence-corrected chi connectivity index (χ4v) is 3.28. The largest absolute Gasteiger partial charge is 0.306 e. The van der Waals surface area contributed by atoms with Crippen LogP contribution in [0, 0.1) is 10.1 Å². The van der Waals surface area contributed by atoms with Gasteiger partial charge in [0.05, 0.1) is 10.7 Å². The summed E-state index contributed by atoms with van der Waals surface area (Å²) in [6.07, 6.45) is 2.24. The van der Waals surface area contributed by atoms with E-state index in [1.54, 1.807) is 0 Å². The zero-order valence-electron chi connectivity index (χ0n) is 14.5. The second-order valence-corrected chi connectivity index (χ2v) is 6.90. The molecule has 0 atom stereocenters. The van der Waals surface area contributed by atoms with Gasteiger partial charge in [-0.25, -0.2) is 0 Å². The number of carbonyl (C=O) groups is 2. The molecule has 2 N–H and O–H groups in total. The van der Waals surface area contributed by atoms with Crippen molar-refractivity contribution in [2.45, 2.75) is 37.4 Å². The zero-order chi connectivity index (χ0) is 19.4. The molecule has 0 bridgehead atoms. The molecule has 142 valence electrons. The quantitative estimate of drug-likeness (QED) is 0.417. The number of hydrazine groups is 1. The number of rotatable bonds is 7. The van der Waals surface area contributed by atoms with Gasteiger partial charge in [-0.3, -0.25) is 30.6 Å². The Morgan fingerprint density at radius 3 is 2.78 bits per heavy atom. The second-order valence-electron chi connectivity index (χ2n) is 5.96. The fourth-order valence-electron chi connectivity index (χ4n) is 2.47. The van der Waals surface area contributed by atoms with Crippen LogP contribution in [0.5, 0.6) is 0 Å². The van der Waals surface area contributed by atoms with Crippen molar-refractivity contribution in [3.8, 4) is 0 Å². The normalized spacial score (nSPS) is 13.2. The molecule has 27 heavy (non-hydrogen) atoms. The molecule has 1 saturated carbocycles. The van der Waals surface area contributed by atoms with Crippen molar-refractivity contribution in [2.24, 2.45) is 0 Å². The second kappa shape index (κ2) is 8.16. The van der Waals surface area contributed by atoms with Crippen LogP contribution >= 0.6 is 11.8 Å². The maximum Gasteiger partial charge on any atom is 0.270 e. The highest BCUT2D eigenvalue weighted by Gasteiger charge is 2.30. The first-order valence-corrected chi connectivity index (χ1v) is 9.37. The minimum Gasteiger partial charge on any atom is -0.306 e. The molecule has 1 heterocycles. The first kappa shape index (κ1) is 18.8. The highest BCUT2D eigenvalue weighted by Crippen LogP contribution is 2.39. The molecule has 10 nitrogen and oxygen atoms in total. The number of amides is 2. The summed E-state index contributed by atoms with van der Waals surface area (Å²) in [7, 11) is 0. The van der Waals surface area contributed by atoms with E-state index in [9.17, 15) is 19.7 Å². The summed E-state index contributed by atoms with van der Waals surface area (Å²) >= 11 is 1.24. The van der Waals surface area contributed by atoms with Gasteiger partial charge in [0.1, 0.15) is 5.82 Å². The number of benzene rings is 1. The summed E-state index contributed by atoms with van der Waals surface area (Å²) in [5.41, 5.74) is 4.42. The molecular weight excluding hydrogens is 372 g/mol. The third-order valence-electron chi connectivity index (χ3n) is 3.97. The van der Waals surface area contributed by atoms with Crippen molar-refractivity contribution in [3.05, 3.63) is 45.8 Å². The Labute approximate surface area is 158 Å².